The summed E-state index contributed by atoms with van der Waals surface area (Å²) in [5.41, 5.74) is 8.16. The summed E-state index contributed by atoms with van der Waals surface area (Å²) < 4.78 is 23.6. The lowest BCUT2D eigenvalue weighted by Gasteiger charge is -2.17. The fraction of sp³-hybridized carbons (Fsp3) is 0.350. The smallest absolute Gasteiger partial charge is 0.188 e. The summed E-state index contributed by atoms with van der Waals surface area (Å²) >= 11 is 0. The van der Waals surface area contributed by atoms with Crippen molar-refractivity contribution < 1.29 is 13.9 Å². The molecule has 0 heterocycles. The van der Waals surface area contributed by atoms with Crippen molar-refractivity contribution >= 4 is 29.9 Å². The molecule has 3 rings (SSSR count). The van der Waals surface area contributed by atoms with Gasteiger partial charge >= 0.3 is 0 Å². The lowest BCUT2D eigenvalue weighted by molar-refractivity contribution is 0.354. The molecule has 146 valence electrons. The summed E-state index contributed by atoms with van der Waals surface area (Å²) in [6.07, 6.45) is 2.13. The van der Waals surface area contributed by atoms with Crippen molar-refractivity contribution in [3.8, 4) is 11.5 Å². The maximum atomic E-state index is 13.1. The summed E-state index contributed by atoms with van der Waals surface area (Å²) in [5, 5.41) is 3.20. The van der Waals surface area contributed by atoms with E-state index >= 15 is 0 Å². The second-order valence-corrected chi connectivity index (χ2v) is 6.53. The minimum atomic E-state index is -0.214. The molecule has 2 aromatic carbocycles. The van der Waals surface area contributed by atoms with Crippen LogP contribution in [0.15, 0.2) is 47.5 Å². The van der Waals surface area contributed by atoms with E-state index in [-0.39, 0.29) is 35.2 Å². The fourth-order valence-electron chi connectivity index (χ4n) is 2.99. The first-order chi connectivity index (χ1) is 12.6. The number of hydrogen-bond acceptors (Lipinski definition) is 3. The van der Waals surface area contributed by atoms with Crippen LogP contribution in [0.4, 0.5) is 4.39 Å². The second kappa shape index (κ2) is 9.25. The molecule has 0 radical (unpaired) electrons. The predicted molar refractivity (Wildman–Crippen MR) is 116 cm³/mol. The van der Waals surface area contributed by atoms with Crippen LogP contribution in [0.1, 0.15) is 24.0 Å². The molecule has 0 bridgehead atoms. The van der Waals surface area contributed by atoms with Crippen molar-refractivity contribution in [2.75, 3.05) is 20.8 Å². The van der Waals surface area contributed by atoms with Gasteiger partial charge in [-0.05, 0) is 48.2 Å². The number of nitrogens with one attached hydrogen (secondary N) is 1. The number of rotatable bonds is 7. The van der Waals surface area contributed by atoms with E-state index in [0.29, 0.717) is 30.5 Å². The molecule has 5 nitrogen and oxygen atoms in total. The molecule has 1 fully saturated rings. The average Bonchev–Trinajstić information content (AvgIpc) is 3.46. The second-order valence-electron chi connectivity index (χ2n) is 6.53. The molecule has 1 aliphatic rings. The van der Waals surface area contributed by atoms with Gasteiger partial charge in [0.25, 0.3) is 0 Å². The molecule has 1 saturated carbocycles. The van der Waals surface area contributed by atoms with E-state index in [2.05, 4.69) is 10.3 Å². The standard InChI is InChI=1S/C20H24FN3O2.HI/c1-25-17-8-3-14(11-18(17)26-2)12-23-19(22)24-13-20(9-10-20)15-4-6-16(21)7-5-15;/h3-8,11H,9-10,12-13H2,1-2H3,(H3,22,23,24);1H. The van der Waals surface area contributed by atoms with Crippen molar-refractivity contribution in [3.63, 3.8) is 0 Å². The van der Waals surface area contributed by atoms with Crippen LogP contribution in [0.25, 0.3) is 0 Å². The number of ether oxygens (including phenoxy) is 2. The summed E-state index contributed by atoms with van der Waals surface area (Å²) in [6.45, 7) is 1.14. The number of halogens is 2. The van der Waals surface area contributed by atoms with E-state index < -0.39 is 0 Å². The Kier molecular flexibility index (Phi) is 7.29. The largest absolute Gasteiger partial charge is 0.493 e. The highest BCUT2D eigenvalue weighted by Crippen LogP contribution is 2.47. The Bertz CT molecular complexity index is 792. The van der Waals surface area contributed by atoms with Crippen LogP contribution in [0, 0.1) is 5.82 Å². The minimum Gasteiger partial charge on any atom is -0.493 e. The van der Waals surface area contributed by atoms with Gasteiger partial charge in [0.2, 0.25) is 0 Å². The first-order valence-corrected chi connectivity index (χ1v) is 8.57. The van der Waals surface area contributed by atoms with E-state index in [1.54, 1.807) is 14.2 Å². The Morgan fingerprint density at radius 1 is 1.11 bits per heavy atom. The van der Waals surface area contributed by atoms with Crippen molar-refractivity contribution in [1.29, 1.82) is 0 Å². The van der Waals surface area contributed by atoms with Crippen LogP contribution in [0.5, 0.6) is 11.5 Å². The van der Waals surface area contributed by atoms with Gasteiger partial charge in [0, 0.05) is 12.0 Å². The van der Waals surface area contributed by atoms with Gasteiger partial charge in [-0.1, -0.05) is 18.2 Å². The third-order valence-corrected chi connectivity index (χ3v) is 4.80. The van der Waals surface area contributed by atoms with Gasteiger partial charge in [-0.3, -0.25) is 0 Å². The fourth-order valence-corrected chi connectivity index (χ4v) is 2.99. The quantitative estimate of drug-likeness (QED) is 0.358. The maximum Gasteiger partial charge on any atom is 0.188 e. The Balaban J connectivity index is 0.00000261. The Labute approximate surface area is 176 Å². The Hall–Kier alpha value is -2.03. The van der Waals surface area contributed by atoms with Gasteiger partial charge in [-0.25, -0.2) is 9.38 Å². The zero-order valence-corrected chi connectivity index (χ0v) is 17.8. The van der Waals surface area contributed by atoms with Crippen molar-refractivity contribution in [3.05, 3.63) is 59.4 Å². The van der Waals surface area contributed by atoms with Gasteiger partial charge in [0.15, 0.2) is 17.5 Å². The topological polar surface area (TPSA) is 68.9 Å². The van der Waals surface area contributed by atoms with Crippen molar-refractivity contribution in [2.24, 2.45) is 10.7 Å². The molecular weight excluding hydrogens is 460 g/mol. The molecule has 7 heteroatoms. The van der Waals surface area contributed by atoms with Crippen LogP contribution in [0.3, 0.4) is 0 Å². The zero-order valence-electron chi connectivity index (χ0n) is 15.5. The van der Waals surface area contributed by atoms with Gasteiger partial charge in [-0.15, -0.1) is 24.0 Å². The Morgan fingerprint density at radius 3 is 2.37 bits per heavy atom. The molecular formula is C20H25FIN3O2. The molecule has 0 aromatic heterocycles. The molecule has 2 aromatic rings. The lowest BCUT2D eigenvalue weighted by atomic mass is 9.96. The third kappa shape index (κ3) is 5.24. The highest BCUT2D eigenvalue weighted by molar-refractivity contribution is 14.0. The molecule has 27 heavy (non-hydrogen) atoms. The third-order valence-electron chi connectivity index (χ3n) is 4.80. The predicted octanol–water partition coefficient (Wildman–Crippen LogP) is 3.60. The molecule has 1 aliphatic carbocycles. The number of nitrogens with two attached hydrogens (primary N) is 1. The average molecular weight is 485 g/mol. The molecule has 0 aliphatic heterocycles. The first kappa shape index (κ1) is 21.3. The van der Waals surface area contributed by atoms with E-state index in [1.807, 2.05) is 30.3 Å². The summed E-state index contributed by atoms with van der Waals surface area (Å²) in [6, 6.07) is 12.4. The van der Waals surface area contributed by atoms with Crippen molar-refractivity contribution in [1.82, 2.24) is 5.32 Å². The van der Waals surface area contributed by atoms with Crippen LogP contribution in [-0.4, -0.2) is 26.7 Å². The number of guanidine groups is 1. The number of benzene rings is 2. The van der Waals surface area contributed by atoms with Crippen LogP contribution >= 0.6 is 24.0 Å². The molecule has 0 spiro atoms. The maximum absolute atomic E-state index is 13.1. The summed E-state index contributed by atoms with van der Waals surface area (Å²) in [7, 11) is 3.21. The molecule has 0 saturated heterocycles. The molecule has 0 amide bonds. The van der Waals surface area contributed by atoms with E-state index in [1.165, 1.54) is 12.1 Å². The summed E-state index contributed by atoms with van der Waals surface area (Å²) in [4.78, 5) is 4.39. The molecule has 3 N–H and O–H groups in total. The van der Waals surface area contributed by atoms with Gasteiger partial charge in [0.05, 0.1) is 20.8 Å². The van der Waals surface area contributed by atoms with Gasteiger partial charge < -0.3 is 20.5 Å². The molecule has 0 unspecified atom stereocenters. The monoisotopic (exact) mass is 485 g/mol. The SMILES string of the molecule is COc1ccc(CN=C(N)NCC2(c3ccc(F)cc3)CC2)cc1OC.I. The normalized spacial score (nSPS) is 14.9. The number of methoxy groups -OCH3 is 2. The van der Waals surface area contributed by atoms with E-state index in [4.69, 9.17) is 15.2 Å². The van der Waals surface area contributed by atoms with Crippen LogP contribution in [-0.2, 0) is 12.0 Å². The van der Waals surface area contributed by atoms with E-state index in [9.17, 15) is 4.39 Å². The van der Waals surface area contributed by atoms with Crippen molar-refractivity contribution in [2.45, 2.75) is 24.8 Å². The van der Waals surface area contributed by atoms with Gasteiger partial charge in [-0.2, -0.15) is 0 Å². The molecule has 0 atom stereocenters. The minimum absolute atomic E-state index is 0. The number of hydrogen-bond donors (Lipinski definition) is 2. The lowest BCUT2D eigenvalue weighted by Crippen LogP contribution is -2.37. The first-order valence-electron chi connectivity index (χ1n) is 8.57. The zero-order chi connectivity index (χ0) is 18.6. The van der Waals surface area contributed by atoms with Crippen LogP contribution < -0.4 is 20.5 Å². The highest BCUT2D eigenvalue weighted by Gasteiger charge is 2.44. The van der Waals surface area contributed by atoms with E-state index in [0.717, 1.165) is 24.0 Å². The van der Waals surface area contributed by atoms with Crippen LogP contribution in [0.2, 0.25) is 0 Å². The summed E-state index contributed by atoms with van der Waals surface area (Å²) in [5.74, 6) is 1.53. The van der Waals surface area contributed by atoms with Gasteiger partial charge in [0.1, 0.15) is 5.82 Å². The highest BCUT2D eigenvalue weighted by atomic mass is 127. The Morgan fingerprint density at radius 2 is 1.78 bits per heavy atom. The number of nitrogens with zero attached hydrogens (tertiary/aromatic N) is 1. The number of aliphatic imine (C=N–C) groups is 1.